The summed E-state index contributed by atoms with van der Waals surface area (Å²) >= 11 is 3.33. The Morgan fingerprint density at radius 2 is 2.40 bits per heavy atom. The van der Waals surface area contributed by atoms with E-state index in [0.29, 0.717) is 31.5 Å². The average molecular weight is 276 g/mol. The molecule has 0 saturated heterocycles. The minimum absolute atomic E-state index is 0.372. The van der Waals surface area contributed by atoms with Gasteiger partial charge in [0.15, 0.2) is 0 Å². The number of nitrogens with zero attached hydrogens (tertiary/aromatic N) is 2. The lowest BCUT2D eigenvalue weighted by Crippen LogP contribution is -2.14. The second-order valence-corrected chi connectivity index (χ2v) is 3.51. The van der Waals surface area contributed by atoms with Crippen LogP contribution in [0.3, 0.4) is 0 Å². The second-order valence-electron chi connectivity index (χ2n) is 2.66. The smallest absolute Gasteiger partial charge is 0.239 e. The highest BCUT2D eigenvalue weighted by Crippen LogP contribution is 2.19. The molecule has 0 fully saturated rings. The lowest BCUT2D eigenvalue weighted by molar-refractivity contribution is 0.158. The Kier molecular flexibility index (Phi) is 5.30. The summed E-state index contributed by atoms with van der Waals surface area (Å²) in [6.45, 7) is 3.99. The van der Waals surface area contributed by atoms with Crippen LogP contribution in [-0.4, -0.2) is 29.7 Å². The number of nitrogens with one attached hydrogen (secondary N) is 2. The van der Waals surface area contributed by atoms with Crippen LogP contribution < -0.4 is 16.6 Å². The number of ether oxygens (including phenoxy) is 1. The molecule has 1 aromatic heterocycles. The molecule has 1 rings (SSSR count). The molecule has 0 atom stereocenters. The van der Waals surface area contributed by atoms with E-state index in [1.807, 2.05) is 6.92 Å². The number of aromatic nitrogens is 2. The predicted molar refractivity (Wildman–Crippen MR) is 62.5 cm³/mol. The molecule has 1 heterocycles. The summed E-state index contributed by atoms with van der Waals surface area (Å²) in [5.41, 5.74) is 2.38. The fourth-order valence-electron chi connectivity index (χ4n) is 0.947. The van der Waals surface area contributed by atoms with Crippen molar-refractivity contribution in [2.75, 3.05) is 30.5 Å². The van der Waals surface area contributed by atoms with Gasteiger partial charge in [-0.3, -0.25) is 5.43 Å². The fraction of sp³-hybridized carbons (Fsp3) is 0.500. The Morgan fingerprint density at radius 3 is 3.07 bits per heavy atom. The van der Waals surface area contributed by atoms with E-state index in [9.17, 15) is 0 Å². The van der Waals surface area contributed by atoms with E-state index in [4.69, 9.17) is 10.6 Å². The Balaban J connectivity index is 2.51. The molecule has 0 bridgehead atoms. The van der Waals surface area contributed by atoms with Crippen molar-refractivity contribution in [1.29, 1.82) is 0 Å². The zero-order valence-electron chi connectivity index (χ0n) is 8.46. The van der Waals surface area contributed by atoms with E-state index < -0.39 is 0 Å². The van der Waals surface area contributed by atoms with Gasteiger partial charge in [-0.25, -0.2) is 10.8 Å². The molecule has 0 amide bonds. The van der Waals surface area contributed by atoms with Crippen LogP contribution in [0.5, 0.6) is 0 Å². The maximum atomic E-state index is 5.20. The second kappa shape index (κ2) is 6.54. The first kappa shape index (κ1) is 12.2. The van der Waals surface area contributed by atoms with Crippen LogP contribution in [0.1, 0.15) is 6.92 Å². The van der Waals surface area contributed by atoms with Crippen LogP contribution in [0, 0.1) is 0 Å². The quantitative estimate of drug-likeness (QED) is 0.408. The van der Waals surface area contributed by atoms with Gasteiger partial charge in [-0.1, -0.05) is 0 Å². The number of nitrogens with two attached hydrogens (primary N) is 1. The van der Waals surface area contributed by atoms with Crippen molar-refractivity contribution in [2.45, 2.75) is 6.92 Å². The summed E-state index contributed by atoms with van der Waals surface area (Å²) in [4.78, 5) is 8.06. The lowest BCUT2D eigenvalue weighted by Gasteiger charge is -2.08. The highest BCUT2D eigenvalue weighted by molar-refractivity contribution is 9.10. The number of hydrogen-bond donors (Lipinski definition) is 3. The fourth-order valence-corrected chi connectivity index (χ4v) is 1.28. The molecule has 15 heavy (non-hydrogen) atoms. The first-order valence-corrected chi connectivity index (χ1v) is 5.38. The molecule has 0 saturated carbocycles. The molecule has 0 unspecified atom stereocenters. The maximum absolute atomic E-state index is 5.20. The summed E-state index contributed by atoms with van der Waals surface area (Å²) in [7, 11) is 0. The summed E-state index contributed by atoms with van der Waals surface area (Å²) < 4.78 is 5.98. The molecule has 7 heteroatoms. The third kappa shape index (κ3) is 3.98. The van der Waals surface area contributed by atoms with Crippen molar-refractivity contribution in [3.05, 3.63) is 10.7 Å². The first-order chi connectivity index (χ1) is 7.27. The molecule has 1 aromatic rings. The van der Waals surface area contributed by atoms with E-state index in [2.05, 4.69) is 36.6 Å². The van der Waals surface area contributed by atoms with E-state index >= 15 is 0 Å². The van der Waals surface area contributed by atoms with E-state index in [-0.39, 0.29) is 0 Å². The van der Waals surface area contributed by atoms with Gasteiger partial charge in [0.2, 0.25) is 5.95 Å². The summed E-state index contributed by atoms with van der Waals surface area (Å²) in [5, 5.41) is 3.10. The third-order valence-electron chi connectivity index (χ3n) is 1.62. The van der Waals surface area contributed by atoms with Gasteiger partial charge in [0, 0.05) is 19.3 Å². The average Bonchev–Trinajstić information content (AvgIpc) is 2.26. The van der Waals surface area contributed by atoms with Gasteiger partial charge >= 0.3 is 0 Å². The van der Waals surface area contributed by atoms with Gasteiger partial charge in [0.1, 0.15) is 5.82 Å². The van der Waals surface area contributed by atoms with Crippen LogP contribution >= 0.6 is 15.9 Å². The lowest BCUT2D eigenvalue weighted by atomic mass is 10.5. The molecular formula is C8H14BrN5O. The Morgan fingerprint density at radius 1 is 1.60 bits per heavy atom. The summed E-state index contributed by atoms with van der Waals surface area (Å²) in [5.74, 6) is 6.27. The number of rotatable bonds is 6. The van der Waals surface area contributed by atoms with Crippen molar-refractivity contribution in [3.63, 3.8) is 0 Å². The van der Waals surface area contributed by atoms with Gasteiger partial charge in [-0.05, 0) is 22.9 Å². The van der Waals surface area contributed by atoms with Crippen molar-refractivity contribution in [2.24, 2.45) is 5.84 Å². The molecule has 0 radical (unpaired) electrons. The number of nitrogen functional groups attached to an aromatic ring is 1. The monoisotopic (exact) mass is 275 g/mol. The molecule has 4 N–H and O–H groups in total. The zero-order valence-corrected chi connectivity index (χ0v) is 10.0. The topological polar surface area (TPSA) is 85.1 Å². The Hall–Kier alpha value is -0.920. The van der Waals surface area contributed by atoms with E-state index in [1.165, 1.54) is 0 Å². The standard InChI is InChI=1S/C8H14BrN5O/c1-2-15-4-3-11-7-6(9)5-12-8(13-7)14-10/h5H,2-4,10H2,1H3,(H2,11,12,13,14). The molecule has 0 aliphatic carbocycles. The van der Waals surface area contributed by atoms with Crippen LogP contribution in [0.15, 0.2) is 10.7 Å². The van der Waals surface area contributed by atoms with E-state index in [0.717, 1.165) is 4.47 Å². The number of hydrazine groups is 1. The van der Waals surface area contributed by atoms with Gasteiger partial charge in [-0.2, -0.15) is 4.98 Å². The molecule has 6 nitrogen and oxygen atoms in total. The molecular weight excluding hydrogens is 262 g/mol. The minimum atomic E-state index is 0.372. The first-order valence-electron chi connectivity index (χ1n) is 4.58. The number of anilines is 2. The van der Waals surface area contributed by atoms with Crippen molar-refractivity contribution >= 4 is 27.7 Å². The molecule has 0 aromatic carbocycles. The highest BCUT2D eigenvalue weighted by atomic mass is 79.9. The summed E-state index contributed by atoms with van der Waals surface area (Å²) in [6.07, 6.45) is 1.63. The van der Waals surface area contributed by atoms with Gasteiger partial charge in [-0.15, -0.1) is 0 Å². The number of halogens is 1. The molecule has 0 aliphatic rings. The molecule has 0 aliphatic heterocycles. The maximum Gasteiger partial charge on any atom is 0.239 e. The third-order valence-corrected chi connectivity index (χ3v) is 2.20. The highest BCUT2D eigenvalue weighted by Gasteiger charge is 2.02. The Labute approximate surface area is 96.7 Å². The van der Waals surface area contributed by atoms with Crippen molar-refractivity contribution in [1.82, 2.24) is 9.97 Å². The van der Waals surface area contributed by atoms with Gasteiger partial charge in [0.25, 0.3) is 0 Å². The van der Waals surface area contributed by atoms with E-state index in [1.54, 1.807) is 6.20 Å². The predicted octanol–water partition coefficient (Wildman–Crippen LogP) is 0.973. The normalized spacial score (nSPS) is 10.1. The van der Waals surface area contributed by atoms with Gasteiger partial charge < -0.3 is 10.1 Å². The van der Waals surface area contributed by atoms with Crippen LogP contribution in [-0.2, 0) is 4.74 Å². The van der Waals surface area contributed by atoms with Crippen LogP contribution in [0.4, 0.5) is 11.8 Å². The van der Waals surface area contributed by atoms with Crippen molar-refractivity contribution < 1.29 is 4.74 Å². The number of hydrogen-bond acceptors (Lipinski definition) is 6. The van der Waals surface area contributed by atoms with Crippen LogP contribution in [0.25, 0.3) is 0 Å². The minimum Gasteiger partial charge on any atom is -0.380 e. The Bertz CT molecular complexity index is 309. The molecule has 0 spiro atoms. The summed E-state index contributed by atoms with van der Waals surface area (Å²) in [6, 6.07) is 0. The van der Waals surface area contributed by atoms with Crippen LogP contribution in [0.2, 0.25) is 0 Å². The molecule has 84 valence electrons. The van der Waals surface area contributed by atoms with Crippen molar-refractivity contribution in [3.8, 4) is 0 Å². The SMILES string of the molecule is CCOCCNc1nc(NN)ncc1Br. The zero-order chi connectivity index (χ0) is 11.1. The van der Waals surface area contributed by atoms with Gasteiger partial charge in [0.05, 0.1) is 11.1 Å². The largest absolute Gasteiger partial charge is 0.380 e.